The zero-order valence-corrected chi connectivity index (χ0v) is 6.78. The maximum absolute atomic E-state index is 8.73. The van der Waals surface area contributed by atoms with Gasteiger partial charge in [0.15, 0.2) is 5.54 Å². The summed E-state index contributed by atoms with van der Waals surface area (Å²) in [5, 5.41) is 8.73. The lowest BCUT2D eigenvalue weighted by atomic mass is 10.0. The fraction of sp³-hybridized carbons (Fsp3) is 0.200. The molecule has 1 aromatic rings. The lowest BCUT2D eigenvalue weighted by molar-refractivity contribution is 0.939. The molecule has 0 aromatic heterocycles. The molecule has 1 aromatic carbocycles. The molecule has 1 unspecified atom stereocenters. The van der Waals surface area contributed by atoms with Gasteiger partial charge in [0.1, 0.15) is 0 Å². The van der Waals surface area contributed by atoms with Crippen molar-refractivity contribution in [2.45, 2.75) is 12.5 Å². The van der Waals surface area contributed by atoms with Crippen LogP contribution >= 0.6 is 0 Å². The van der Waals surface area contributed by atoms with Crippen LogP contribution in [0.15, 0.2) is 35.3 Å². The van der Waals surface area contributed by atoms with Gasteiger partial charge < -0.3 is 0 Å². The van der Waals surface area contributed by atoms with Crippen LogP contribution in [0.1, 0.15) is 12.5 Å². The third-order valence-electron chi connectivity index (χ3n) is 2.01. The first kappa shape index (κ1) is 7.05. The van der Waals surface area contributed by atoms with Crippen molar-refractivity contribution in [2.24, 2.45) is 4.99 Å². The Labute approximate surface area is 71.2 Å². The van der Waals surface area contributed by atoms with E-state index in [4.69, 9.17) is 5.26 Å². The van der Waals surface area contributed by atoms with Crippen LogP contribution in [0.3, 0.4) is 0 Å². The highest BCUT2D eigenvalue weighted by Crippen LogP contribution is 2.30. The first-order valence-corrected chi connectivity index (χ1v) is 3.83. The smallest absolute Gasteiger partial charge is 0.186 e. The SMILES string of the molecule is CC1(C#N)N=C1c1ccccc1. The molecule has 0 fully saturated rings. The predicted molar refractivity (Wildman–Crippen MR) is 47.0 cm³/mol. The van der Waals surface area contributed by atoms with Crippen LogP contribution in [-0.4, -0.2) is 11.3 Å². The summed E-state index contributed by atoms with van der Waals surface area (Å²) >= 11 is 0. The number of rotatable bonds is 1. The summed E-state index contributed by atoms with van der Waals surface area (Å²) < 4.78 is 0. The highest BCUT2D eigenvalue weighted by atomic mass is 15.0. The molecular weight excluding hydrogens is 148 g/mol. The van der Waals surface area contributed by atoms with E-state index < -0.39 is 5.54 Å². The van der Waals surface area contributed by atoms with Crippen LogP contribution in [0.2, 0.25) is 0 Å². The predicted octanol–water partition coefficient (Wildman–Crippen LogP) is 1.77. The molecule has 0 spiro atoms. The van der Waals surface area contributed by atoms with Gasteiger partial charge in [-0.05, 0) is 12.5 Å². The van der Waals surface area contributed by atoms with Crippen LogP contribution in [0.5, 0.6) is 0 Å². The summed E-state index contributed by atoms with van der Waals surface area (Å²) in [4.78, 5) is 4.13. The minimum Gasteiger partial charge on any atom is -0.257 e. The van der Waals surface area contributed by atoms with Crippen molar-refractivity contribution >= 4 is 5.71 Å². The average molecular weight is 156 g/mol. The number of nitriles is 1. The van der Waals surface area contributed by atoms with Crippen LogP contribution in [0.4, 0.5) is 0 Å². The Balaban J connectivity index is 2.28. The summed E-state index contributed by atoms with van der Waals surface area (Å²) in [6.07, 6.45) is 0. The highest BCUT2D eigenvalue weighted by Gasteiger charge is 2.43. The van der Waals surface area contributed by atoms with Crippen molar-refractivity contribution in [3.8, 4) is 6.07 Å². The maximum Gasteiger partial charge on any atom is 0.186 e. The Kier molecular flexibility index (Phi) is 1.28. The van der Waals surface area contributed by atoms with Gasteiger partial charge in [0.05, 0.1) is 11.8 Å². The summed E-state index contributed by atoms with van der Waals surface area (Å²) in [6.45, 7) is 1.83. The summed E-state index contributed by atoms with van der Waals surface area (Å²) in [5.74, 6) is 0. The fourth-order valence-corrected chi connectivity index (χ4v) is 1.22. The molecule has 58 valence electrons. The third-order valence-corrected chi connectivity index (χ3v) is 2.01. The lowest BCUT2D eigenvalue weighted by Gasteiger charge is -1.95. The van der Waals surface area contributed by atoms with Crippen molar-refractivity contribution in [1.29, 1.82) is 5.26 Å². The van der Waals surface area contributed by atoms with E-state index >= 15 is 0 Å². The molecule has 1 aliphatic heterocycles. The number of aliphatic imine (C=N–C) groups is 1. The van der Waals surface area contributed by atoms with Crippen molar-refractivity contribution in [3.63, 3.8) is 0 Å². The number of hydrogen-bond acceptors (Lipinski definition) is 2. The second-order valence-electron chi connectivity index (χ2n) is 3.01. The van der Waals surface area contributed by atoms with E-state index in [9.17, 15) is 0 Å². The Morgan fingerprint density at radius 3 is 2.50 bits per heavy atom. The van der Waals surface area contributed by atoms with E-state index in [-0.39, 0.29) is 0 Å². The van der Waals surface area contributed by atoms with Gasteiger partial charge in [0.2, 0.25) is 0 Å². The van der Waals surface area contributed by atoms with Crippen LogP contribution in [-0.2, 0) is 0 Å². The number of hydrogen-bond donors (Lipinski definition) is 0. The molecule has 0 bridgehead atoms. The fourth-order valence-electron chi connectivity index (χ4n) is 1.22. The standard InChI is InChI=1S/C10H8N2/c1-10(7-11)9(12-10)8-5-3-2-4-6-8/h2-6H,1H3. The molecule has 1 aliphatic rings. The average Bonchev–Trinajstić information content (AvgIpc) is 2.81. The summed E-state index contributed by atoms with van der Waals surface area (Å²) in [7, 11) is 0. The molecule has 2 heteroatoms. The monoisotopic (exact) mass is 156 g/mol. The number of benzene rings is 1. The molecule has 2 rings (SSSR count). The Morgan fingerprint density at radius 1 is 1.33 bits per heavy atom. The Morgan fingerprint density at radius 2 is 2.00 bits per heavy atom. The molecule has 0 aliphatic carbocycles. The van der Waals surface area contributed by atoms with Gasteiger partial charge in [-0.1, -0.05) is 30.3 Å². The van der Waals surface area contributed by atoms with Gasteiger partial charge in [-0.15, -0.1) is 0 Å². The van der Waals surface area contributed by atoms with Gasteiger partial charge in [-0.25, -0.2) is 0 Å². The van der Waals surface area contributed by atoms with Crippen molar-refractivity contribution in [2.75, 3.05) is 0 Å². The summed E-state index contributed by atoms with van der Waals surface area (Å²) in [6, 6.07) is 12.0. The van der Waals surface area contributed by atoms with Crippen molar-refractivity contribution in [1.82, 2.24) is 0 Å². The minimum atomic E-state index is -0.540. The Bertz CT molecular complexity index is 373. The molecule has 12 heavy (non-hydrogen) atoms. The highest BCUT2D eigenvalue weighted by molar-refractivity contribution is 6.18. The van der Waals surface area contributed by atoms with Gasteiger partial charge in [0, 0.05) is 0 Å². The second kappa shape index (κ2) is 2.18. The quantitative estimate of drug-likeness (QED) is 0.610. The normalized spacial score (nSPS) is 25.8. The van der Waals surface area contributed by atoms with Crippen molar-refractivity contribution in [3.05, 3.63) is 35.9 Å². The van der Waals surface area contributed by atoms with Gasteiger partial charge >= 0.3 is 0 Å². The molecule has 0 saturated heterocycles. The first-order valence-electron chi connectivity index (χ1n) is 3.83. The molecule has 0 N–H and O–H groups in total. The van der Waals surface area contributed by atoms with E-state index in [0.29, 0.717) is 0 Å². The van der Waals surface area contributed by atoms with E-state index in [1.54, 1.807) is 0 Å². The molecule has 2 nitrogen and oxygen atoms in total. The van der Waals surface area contributed by atoms with Crippen LogP contribution in [0.25, 0.3) is 0 Å². The third kappa shape index (κ3) is 0.911. The van der Waals surface area contributed by atoms with E-state index in [1.165, 1.54) is 0 Å². The maximum atomic E-state index is 8.73. The zero-order chi connectivity index (χ0) is 8.60. The van der Waals surface area contributed by atoms with Gasteiger partial charge in [-0.3, -0.25) is 4.99 Å². The number of nitrogens with zero attached hydrogens (tertiary/aromatic N) is 2. The van der Waals surface area contributed by atoms with E-state index in [1.807, 2.05) is 37.3 Å². The molecule has 0 amide bonds. The zero-order valence-electron chi connectivity index (χ0n) is 6.78. The van der Waals surface area contributed by atoms with Crippen LogP contribution < -0.4 is 0 Å². The van der Waals surface area contributed by atoms with E-state index in [0.717, 1.165) is 11.3 Å². The molecule has 0 radical (unpaired) electrons. The largest absolute Gasteiger partial charge is 0.257 e. The minimum absolute atomic E-state index is 0.540. The van der Waals surface area contributed by atoms with Gasteiger partial charge in [0.25, 0.3) is 0 Å². The molecule has 0 saturated carbocycles. The second-order valence-corrected chi connectivity index (χ2v) is 3.01. The summed E-state index contributed by atoms with van der Waals surface area (Å²) in [5.41, 5.74) is 1.42. The topological polar surface area (TPSA) is 36.1 Å². The first-order chi connectivity index (χ1) is 5.76. The van der Waals surface area contributed by atoms with Crippen LogP contribution in [0, 0.1) is 11.3 Å². The Hall–Kier alpha value is -1.62. The molecule has 1 atom stereocenters. The van der Waals surface area contributed by atoms with E-state index in [2.05, 4.69) is 11.1 Å². The molecular formula is C10H8N2. The van der Waals surface area contributed by atoms with Crippen molar-refractivity contribution < 1.29 is 0 Å². The van der Waals surface area contributed by atoms with Gasteiger partial charge in [-0.2, -0.15) is 5.26 Å². The molecule has 1 heterocycles. The lowest BCUT2D eigenvalue weighted by Crippen LogP contribution is -2.10.